The largest absolute Gasteiger partial charge is 0.486 e. The van der Waals surface area contributed by atoms with Crippen LogP contribution in [0, 0.1) is 0 Å². The fourth-order valence-electron chi connectivity index (χ4n) is 2.84. The highest BCUT2D eigenvalue weighted by atomic mass is 16.6. The van der Waals surface area contributed by atoms with Crippen LogP contribution in [0.25, 0.3) is 0 Å². The first-order valence-electron chi connectivity index (χ1n) is 9.24. The van der Waals surface area contributed by atoms with Crippen LogP contribution in [0.1, 0.15) is 12.0 Å². The van der Waals surface area contributed by atoms with Crippen LogP contribution in [0.5, 0.6) is 11.5 Å². The molecule has 1 unspecified atom stereocenters. The second-order valence-electron chi connectivity index (χ2n) is 6.79. The van der Waals surface area contributed by atoms with Crippen LogP contribution < -0.4 is 20.1 Å². The van der Waals surface area contributed by atoms with Gasteiger partial charge in [-0.2, -0.15) is 0 Å². The van der Waals surface area contributed by atoms with Crippen molar-refractivity contribution in [2.75, 3.05) is 32.6 Å². The lowest BCUT2D eigenvalue weighted by molar-refractivity contribution is -0.127. The molecule has 3 amide bonds. The average Bonchev–Trinajstić information content (AvgIpc) is 2.69. The summed E-state index contributed by atoms with van der Waals surface area (Å²) in [7, 11) is 3.42. The van der Waals surface area contributed by atoms with E-state index in [0.717, 1.165) is 17.1 Å². The normalized spacial score (nSPS) is 14.9. The van der Waals surface area contributed by atoms with Crippen molar-refractivity contribution in [3.63, 3.8) is 0 Å². The molecule has 0 bridgehead atoms. The Morgan fingerprint density at radius 1 is 1.07 bits per heavy atom. The van der Waals surface area contributed by atoms with Gasteiger partial charge in [-0.05, 0) is 23.8 Å². The topological polar surface area (TPSA) is 79.9 Å². The Morgan fingerprint density at radius 2 is 1.79 bits per heavy atom. The molecular weight excluding hydrogens is 358 g/mol. The number of para-hydroxylation sites is 3. The second-order valence-corrected chi connectivity index (χ2v) is 6.79. The maximum Gasteiger partial charge on any atom is 0.319 e. The number of nitrogens with one attached hydrogen (secondary N) is 2. The van der Waals surface area contributed by atoms with E-state index in [4.69, 9.17) is 9.47 Å². The first-order valence-corrected chi connectivity index (χ1v) is 9.24. The molecule has 0 aliphatic carbocycles. The lowest BCUT2D eigenvalue weighted by Gasteiger charge is -2.26. The first-order chi connectivity index (χ1) is 13.5. The minimum atomic E-state index is -0.318. The Hall–Kier alpha value is -3.22. The van der Waals surface area contributed by atoms with Gasteiger partial charge in [0, 0.05) is 32.7 Å². The number of anilines is 1. The number of urea groups is 1. The van der Waals surface area contributed by atoms with Crippen molar-refractivity contribution in [3.8, 4) is 11.5 Å². The van der Waals surface area contributed by atoms with Crippen LogP contribution in [0.3, 0.4) is 0 Å². The Balaban J connectivity index is 1.47. The molecule has 7 heteroatoms. The quantitative estimate of drug-likeness (QED) is 0.804. The van der Waals surface area contributed by atoms with Gasteiger partial charge in [0.15, 0.2) is 11.5 Å². The van der Waals surface area contributed by atoms with Crippen molar-refractivity contribution in [3.05, 3.63) is 54.1 Å². The predicted molar refractivity (Wildman–Crippen MR) is 107 cm³/mol. The van der Waals surface area contributed by atoms with Gasteiger partial charge < -0.3 is 25.0 Å². The van der Waals surface area contributed by atoms with E-state index in [0.29, 0.717) is 25.3 Å². The summed E-state index contributed by atoms with van der Waals surface area (Å²) in [6.45, 7) is 0.899. The Labute approximate surface area is 164 Å². The molecule has 2 aromatic rings. The lowest BCUT2D eigenvalue weighted by Crippen LogP contribution is -2.36. The Bertz CT molecular complexity index is 838. The molecule has 1 heterocycles. The molecule has 0 fully saturated rings. The zero-order chi connectivity index (χ0) is 19.9. The molecule has 0 radical (unpaired) electrons. The van der Waals surface area contributed by atoms with Gasteiger partial charge in [-0.3, -0.25) is 4.79 Å². The number of amides is 3. The van der Waals surface area contributed by atoms with Gasteiger partial charge in [0.25, 0.3) is 0 Å². The first kappa shape index (κ1) is 19.5. The van der Waals surface area contributed by atoms with E-state index in [2.05, 4.69) is 10.6 Å². The number of fused-ring (bicyclic) bond motifs is 1. The second kappa shape index (κ2) is 9.12. The lowest BCUT2D eigenvalue weighted by atomic mass is 10.1. The molecule has 2 N–H and O–H groups in total. The number of hydrogen-bond acceptors (Lipinski definition) is 4. The Kier molecular flexibility index (Phi) is 6.37. The molecule has 28 heavy (non-hydrogen) atoms. The SMILES string of the molecule is CN(C)C(=O)Cc1ccccc1NC(=O)NCCC1COc2ccccc2O1. The van der Waals surface area contributed by atoms with E-state index in [1.165, 1.54) is 4.90 Å². The van der Waals surface area contributed by atoms with Crippen molar-refractivity contribution >= 4 is 17.6 Å². The van der Waals surface area contributed by atoms with Crippen molar-refractivity contribution in [1.29, 1.82) is 0 Å². The monoisotopic (exact) mass is 383 g/mol. The summed E-state index contributed by atoms with van der Waals surface area (Å²) in [5.41, 5.74) is 1.40. The summed E-state index contributed by atoms with van der Waals surface area (Å²) in [6.07, 6.45) is 0.749. The van der Waals surface area contributed by atoms with Crippen LogP contribution in [0.15, 0.2) is 48.5 Å². The Morgan fingerprint density at radius 3 is 2.57 bits per heavy atom. The van der Waals surface area contributed by atoms with Crippen LogP contribution in [0.2, 0.25) is 0 Å². The molecule has 0 saturated carbocycles. The fraction of sp³-hybridized carbons (Fsp3) is 0.333. The molecule has 1 aliphatic rings. The summed E-state index contributed by atoms with van der Waals surface area (Å²) in [5.74, 6) is 1.44. The third-order valence-electron chi connectivity index (χ3n) is 4.43. The van der Waals surface area contributed by atoms with E-state index < -0.39 is 0 Å². The van der Waals surface area contributed by atoms with Crippen molar-refractivity contribution in [2.24, 2.45) is 0 Å². The zero-order valence-corrected chi connectivity index (χ0v) is 16.1. The number of carbonyl (C=O) groups excluding carboxylic acids is 2. The summed E-state index contributed by atoms with van der Waals surface area (Å²) >= 11 is 0. The zero-order valence-electron chi connectivity index (χ0n) is 16.1. The molecule has 0 saturated heterocycles. The number of benzene rings is 2. The van der Waals surface area contributed by atoms with Crippen molar-refractivity contribution < 1.29 is 19.1 Å². The maximum atomic E-state index is 12.2. The number of carbonyl (C=O) groups is 2. The van der Waals surface area contributed by atoms with Crippen LogP contribution >= 0.6 is 0 Å². The van der Waals surface area contributed by atoms with Crippen LogP contribution in [-0.4, -0.2) is 50.2 Å². The minimum Gasteiger partial charge on any atom is -0.486 e. The summed E-state index contributed by atoms with van der Waals surface area (Å²) in [4.78, 5) is 25.7. The van der Waals surface area contributed by atoms with Gasteiger partial charge in [0.1, 0.15) is 12.7 Å². The summed E-state index contributed by atoms with van der Waals surface area (Å²) in [6, 6.07) is 14.5. The number of ether oxygens (including phenoxy) is 2. The average molecular weight is 383 g/mol. The third-order valence-corrected chi connectivity index (χ3v) is 4.43. The van der Waals surface area contributed by atoms with Crippen LogP contribution in [-0.2, 0) is 11.2 Å². The number of likely N-dealkylation sites (N-methyl/N-ethyl adjacent to an activating group) is 1. The molecule has 1 atom stereocenters. The van der Waals surface area contributed by atoms with Gasteiger partial charge in [0.2, 0.25) is 5.91 Å². The highest BCUT2D eigenvalue weighted by Crippen LogP contribution is 2.31. The predicted octanol–water partition coefficient (Wildman–Crippen LogP) is 2.67. The molecular formula is C21H25N3O4. The van der Waals surface area contributed by atoms with Gasteiger partial charge in [0.05, 0.1) is 6.42 Å². The van der Waals surface area contributed by atoms with E-state index >= 15 is 0 Å². The highest BCUT2D eigenvalue weighted by Gasteiger charge is 2.20. The molecule has 148 valence electrons. The smallest absolute Gasteiger partial charge is 0.319 e. The van der Waals surface area contributed by atoms with Crippen LogP contribution in [0.4, 0.5) is 10.5 Å². The summed E-state index contributed by atoms with van der Waals surface area (Å²) < 4.78 is 11.6. The van der Waals surface area contributed by atoms with Crippen molar-refractivity contribution in [1.82, 2.24) is 10.2 Å². The minimum absolute atomic E-state index is 0.0237. The van der Waals surface area contributed by atoms with Crippen molar-refractivity contribution in [2.45, 2.75) is 18.9 Å². The third kappa shape index (κ3) is 5.16. The molecule has 7 nitrogen and oxygen atoms in total. The standard InChI is InChI=1S/C21H25N3O4/c1-24(2)20(25)13-15-7-3-4-8-17(15)23-21(26)22-12-11-16-14-27-18-9-5-6-10-19(18)28-16/h3-10,16H,11-14H2,1-2H3,(H2,22,23,26). The molecule has 0 aromatic heterocycles. The maximum absolute atomic E-state index is 12.2. The highest BCUT2D eigenvalue weighted by molar-refractivity contribution is 5.91. The number of hydrogen-bond donors (Lipinski definition) is 2. The molecule has 0 spiro atoms. The van der Waals surface area contributed by atoms with E-state index in [1.54, 1.807) is 20.2 Å². The van der Waals surface area contributed by atoms with E-state index in [1.807, 2.05) is 42.5 Å². The number of rotatable bonds is 6. The van der Waals surface area contributed by atoms with Gasteiger partial charge in [-0.25, -0.2) is 4.79 Å². The van der Waals surface area contributed by atoms with Gasteiger partial charge in [-0.1, -0.05) is 30.3 Å². The van der Waals surface area contributed by atoms with Gasteiger partial charge in [-0.15, -0.1) is 0 Å². The number of nitrogens with zero attached hydrogens (tertiary/aromatic N) is 1. The molecule has 1 aliphatic heterocycles. The fourth-order valence-corrected chi connectivity index (χ4v) is 2.84. The van der Waals surface area contributed by atoms with E-state index in [9.17, 15) is 9.59 Å². The summed E-state index contributed by atoms with van der Waals surface area (Å²) in [5, 5.41) is 5.64. The molecule has 3 rings (SSSR count). The molecule has 2 aromatic carbocycles. The van der Waals surface area contributed by atoms with Gasteiger partial charge >= 0.3 is 6.03 Å². The van der Waals surface area contributed by atoms with E-state index in [-0.39, 0.29) is 24.5 Å².